The molecule has 1 atom stereocenters. The van der Waals surface area contributed by atoms with Gasteiger partial charge in [0, 0.05) is 44.0 Å². The molecule has 3 rings (SSSR count). The number of ether oxygens (including phenoxy) is 1. The second-order valence-corrected chi connectivity index (χ2v) is 7.57. The third kappa shape index (κ3) is 6.20. The lowest BCUT2D eigenvalue weighted by Crippen LogP contribution is -2.39. The molecule has 0 aromatic heterocycles. The van der Waals surface area contributed by atoms with Crippen molar-refractivity contribution in [1.29, 1.82) is 0 Å². The maximum Gasteiger partial charge on any atom is 0.332 e. The van der Waals surface area contributed by atoms with Gasteiger partial charge in [-0.3, -0.25) is 4.90 Å². The van der Waals surface area contributed by atoms with E-state index in [1.54, 1.807) is 6.08 Å². The molecule has 4 nitrogen and oxygen atoms in total. The van der Waals surface area contributed by atoms with Crippen molar-refractivity contribution in [3.05, 3.63) is 83.6 Å². The maximum absolute atomic E-state index is 12.3. The molecule has 1 unspecified atom stereocenters. The number of nitrogens with zero attached hydrogens (tertiary/aromatic N) is 2. The van der Waals surface area contributed by atoms with Crippen LogP contribution in [-0.2, 0) is 22.6 Å². The van der Waals surface area contributed by atoms with Gasteiger partial charge in [-0.05, 0) is 37.8 Å². The molecule has 1 aliphatic heterocycles. The van der Waals surface area contributed by atoms with Crippen molar-refractivity contribution >= 4 is 5.97 Å². The molecule has 1 heterocycles. The Balaban J connectivity index is 1.88. The molecule has 0 N–H and O–H groups in total. The zero-order valence-electron chi connectivity index (χ0n) is 17.6. The van der Waals surface area contributed by atoms with Gasteiger partial charge in [-0.25, -0.2) is 4.79 Å². The summed E-state index contributed by atoms with van der Waals surface area (Å²) in [5.74, 6) is -0.249. The number of esters is 1. The zero-order valence-corrected chi connectivity index (χ0v) is 17.6. The van der Waals surface area contributed by atoms with Gasteiger partial charge >= 0.3 is 5.97 Å². The summed E-state index contributed by atoms with van der Waals surface area (Å²) in [6.45, 7) is 8.10. The van der Waals surface area contributed by atoms with Crippen molar-refractivity contribution in [3.8, 4) is 0 Å². The summed E-state index contributed by atoms with van der Waals surface area (Å²) in [5, 5.41) is 0. The zero-order chi connectivity index (χ0) is 20.5. The molecule has 0 aliphatic carbocycles. The summed E-state index contributed by atoms with van der Waals surface area (Å²) in [4.78, 5) is 17.1. The van der Waals surface area contributed by atoms with Crippen molar-refractivity contribution in [2.24, 2.45) is 0 Å². The van der Waals surface area contributed by atoms with E-state index >= 15 is 0 Å². The third-order valence-electron chi connectivity index (χ3n) is 5.46. The molecule has 0 amide bonds. The summed E-state index contributed by atoms with van der Waals surface area (Å²) >= 11 is 0. The van der Waals surface area contributed by atoms with E-state index in [4.69, 9.17) is 4.74 Å². The summed E-state index contributed by atoms with van der Waals surface area (Å²) in [5.41, 5.74) is 3.60. The molecule has 0 bridgehead atoms. The van der Waals surface area contributed by atoms with Gasteiger partial charge in [-0.1, -0.05) is 60.7 Å². The van der Waals surface area contributed by atoms with Gasteiger partial charge in [-0.15, -0.1) is 0 Å². The Morgan fingerprint density at radius 2 is 1.52 bits per heavy atom. The second kappa shape index (κ2) is 10.8. The van der Waals surface area contributed by atoms with Gasteiger partial charge in [0.1, 0.15) is 0 Å². The highest BCUT2D eigenvalue weighted by molar-refractivity contribution is 5.82. The average molecular weight is 393 g/mol. The van der Waals surface area contributed by atoms with E-state index in [0.717, 1.165) is 31.9 Å². The molecule has 1 fully saturated rings. The first kappa shape index (κ1) is 21.1. The van der Waals surface area contributed by atoms with E-state index in [2.05, 4.69) is 65.3 Å². The summed E-state index contributed by atoms with van der Waals surface area (Å²) < 4.78 is 5.24. The SMILES string of the molecule is CCOC(=O)/C=C(\C(C)N(Cc1ccccc1)Cc1ccccc1)N1CCCC1. The predicted molar refractivity (Wildman–Crippen MR) is 117 cm³/mol. The average Bonchev–Trinajstić information content (AvgIpc) is 3.27. The van der Waals surface area contributed by atoms with E-state index < -0.39 is 0 Å². The summed E-state index contributed by atoms with van der Waals surface area (Å²) in [7, 11) is 0. The lowest BCUT2D eigenvalue weighted by Gasteiger charge is -2.35. The Morgan fingerprint density at radius 1 is 1.00 bits per heavy atom. The van der Waals surface area contributed by atoms with Crippen LogP contribution in [0.5, 0.6) is 0 Å². The fourth-order valence-corrected chi connectivity index (χ4v) is 3.91. The van der Waals surface area contributed by atoms with Gasteiger partial charge in [0.25, 0.3) is 0 Å². The quantitative estimate of drug-likeness (QED) is 0.460. The topological polar surface area (TPSA) is 32.8 Å². The molecule has 2 aromatic rings. The van der Waals surface area contributed by atoms with Crippen LogP contribution in [0.1, 0.15) is 37.8 Å². The number of benzene rings is 2. The van der Waals surface area contributed by atoms with Gasteiger partial charge in [0.15, 0.2) is 0 Å². The van der Waals surface area contributed by atoms with E-state index in [0.29, 0.717) is 6.61 Å². The minimum Gasteiger partial charge on any atom is -0.463 e. The highest BCUT2D eigenvalue weighted by atomic mass is 16.5. The molecule has 1 saturated heterocycles. The Bertz CT molecular complexity index is 741. The summed E-state index contributed by atoms with van der Waals surface area (Å²) in [6.07, 6.45) is 4.05. The van der Waals surface area contributed by atoms with Crippen molar-refractivity contribution in [3.63, 3.8) is 0 Å². The second-order valence-electron chi connectivity index (χ2n) is 7.57. The largest absolute Gasteiger partial charge is 0.463 e. The molecular weight excluding hydrogens is 360 g/mol. The van der Waals surface area contributed by atoms with E-state index in [9.17, 15) is 4.79 Å². The number of carbonyl (C=O) groups excluding carboxylic acids is 1. The van der Waals surface area contributed by atoms with E-state index in [-0.39, 0.29) is 12.0 Å². The fourth-order valence-electron chi connectivity index (χ4n) is 3.91. The Morgan fingerprint density at radius 3 is 2.00 bits per heavy atom. The van der Waals surface area contributed by atoms with Crippen molar-refractivity contribution in [1.82, 2.24) is 9.80 Å². The number of carbonyl (C=O) groups is 1. The first-order chi connectivity index (χ1) is 14.2. The smallest absolute Gasteiger partial charge is 0.332 e. The van der Waals surface area contributed by atoms with Crippen LogP contribution < -0.4 is 0 Å². The molecule has 4 heteroatoms. The highest BCUT2D eigenvalue weighted by Crippen LogP contribution is 2.24. The molecule has 0 saturated carbocycles. The third-order valence-corrected chi connectivity index (χ3v) is 5.46. The van der Waals surface area contributed by atoms with Crippen LogP contribution in [0.15, 0.2) is 72.4 Å². The van der Waals surface area contributed by atoms with Crippen LogP contribution >= 0.6 is 0 Å². The Kier molecular flexibility index (Phi) is 7.88. The van der Waals surface area contributed by atoms with Crippen LogP contribution in [0, 0.1) is 0 Å². The number of likely N-dealkylation sites (tertiary alicyclic amines) is 1. The predicted octanol–water partition coefficient (Wildman–Crippen LogP) is 4.62. The molecular formula is C25H32N2O2. The minimum atomic E-state index is -0.249. The minimum absolute atomic E-state index is 0.0953. The van der Waals surface area contributed by atoms with E-state index in [1.165, 1.54) is 24.0 Å². The first-order valence-corrected chi connectivity index (χ1v) is 10.6. The van der Waals surface area contributed by atoms with Crippen LogP contribution in [0.4, 0.5) is 0 Å². The molecule has 0 spiro atoms. The maximum atomic E-state index is 12.3. The van der Waals surface area contributed by atoms with Gasteiger partial charge in [0.05, 0.1) is 6.61 Å². The van der Waals surface area contributed by atoms with Crippen molar-refractivity contribution in [2.45, 2.75) is 45.8 Å². The lowest BCUT2D eigenvalue weighted by molar-refractivity contribution is -0.137. The number of hydrogen-bond acceptors (Lipinski definition) is 4. The number of hydrogen-bond donors (Lipinski definition) is 0. The van der Waals surface area contributed by atoms with Gasteiger partial charge in [-0.2, -0.15) is 0 Å². The van der Waals surface area contributed by atoms with Crippen molar-refractivity contribution < 1.29 is 9.53 Å². The molecule has 2 aromatic carbocycles. The normalized spacial score (nSPS) is 15.6. The van der Waals surface area contributed by atoms with Gasteiger partial charge in [0.2, 0.25) is 0 Å². The Labute approximate surface area is 174 Å². The highest BCUT2D eigenvalue weighted by Gasteiger charge is 2.26. The molecule has 154 valence electrons. The molecule has 1 aliphatic rings. The number of rotatable bonds is 9. The Hall–Kier alpha value is -2.59. The van der Waals surface area contributed by atoms with Crippen LogP contribution in [0.3, 0.4) is 0 Å². The van der Waals surface area contributed by atoms with Crippen LogP contribution in [0.2, 0.25) is 0 Å². The van der Waals surface area contributed by atoms with Crippen molar-refractivity contribution in [2.75, 3.05) is 19.7 Å². The first-order valence-electron chi connectivity index (χ1n) is 10.6. The standard InChI is InChI=1S/C25H32N2O2/c1-3-29-25(28)18-24(26-16-10-11-17-26)21(2)27(19-22-12-6-4-7-13-22)20-23-14-8-5-9-15-23/h4-9,12-15,18,21H,3,10-11,16-17,19-20H2,1-2H3/b24-18+. The van der Waals surface area contributed by atoms with Crippen LogP contribution in [-0.4, -0.2) is 41.5 Å². The lowest BCUT2D eigenvalue weighted by atomic mass is 10.1. The van der Waals surface area contributed by atoms with E-state index in [1.807, 2.05) is 19.1 Å². The molecule has 29 heavy (non-hydrogen) atoms. The van der Waals surface area contributed by atoms with Crippen LogP contribution in [0.25, 0.3) is 0 Å². The summed E-state index contributed by atoms with van der Waals surface area (Å²) in [6, 6.07) is 21.2. The van der Waals surface area contributed by atoms with Gasteiger partial charge < -0.3 is 9.64 Å². The molecule has 0 radical (unpaired) electrons. The fraction of sp³-hybridized carbons (Fsp3) is 0.400. The monoisotopic (exact) mass is 392 g/mol.